The summed E-state index contributed by atoms with van der Waals surface area (Å²) in [7, 11) is 1.35. The molecule has 0 fully saturated rings. The average molecular weight is 187 g/mol. The molecule has 0 aromatic carbocycles. The van der Waals surface area contributed by atoms with E-state index in [-0.39, 0.29) is 11.9 Å². The minimum atomic E-state index is -0.611. The van der Waals surface area contributed by atoms with Crippen molar-refractivity contribution in [3.8, 4) is 0 Å². The fraction of sp³-hybridized carbons (Fsp3) is 0.778. The predicted octanol–water partition coefficient (Wildman–Crippen LogP) is 0.712. The summed E-state index contributed by atoms with van der Waals surface area (Å²) < 4.78 is 4.65. The van der Waals surface area contributed by atoms with Gasteiger partial charge in [0, 0.05) is 13.5 Å². The van der Waals surface area contributed by atoms with Crippen molar-refractivity contribution in [3.63, 3.8) is 0 Å². The molecule has 0 aromatic rings. The fourth-order valence-electron chi connectivity index (χ4n) is 0.907. The molecule has 13 heavy (non-hydrogen) atoms. The van der Waals surface area contributed by atoms with Gasteiger partial charge < -0.3 is 10.1 Å². The van der Waals surface area contributed by atoms with E-state index < -0.39 is 5.41 Å². The minimum absolute atomic E-state index is 0.136. The maximum atomic E-state index is 11.3. The SMILES string of the molecule is CCC(C)(CNC(C)=O)C(=O)OC. The molecule has 0 spiro atoms. The molecule has 1 atom stereocenters. The summed E-state index contributed by atoms with van der Waals surface area (Å²) in [4.78, 5) is 22.0. The Morgan fingerprint density at radius 2 is 2.00 bits per heavy atom. The van der Waals surface area contributed by atoms with Gasteiger partial charge in [-0.2, -0.15) is 0 Å². The maximum Gasteiger partial charge on any atom is 0.313 e. The third kappa shape index (κ3) is 3.44. The fourth-order valence-corrected chi connectivity index (χ4v) is 0.907. The van der Waals surface area contributed by atoms with Gasteiger partial charge in [0.2, 0.25) is 5.91 Å². The lowest BCUT2D eigenvalue weighted by atomic mass is 9.87. The Bertz CT molecular complexity index is 203. The van der Waals surface area contributed by atoms with Crippen LogP contribution in [0.3, 0.4) is 0 Å². The Labute approximate surface area is 78.6 Å². The second kappa shape index (κ2) is 4.84. The molecule has 0 aromatic heterocycles. The first-order chi connectivity index (χ1) is 5.96. The second-order valence-electron chi connectivity index (χ2n) is 3.32. The van der Waals surface area contributed by atoms with Crippen LogP contribution in [0.5, 0.6) is 0 Å². The predicted molar refractivity (Wildman–Crippen MR) is 49.1 cm³/mol. The van der Waals surface area contributed by atoms with Crippen LogP contribution in [-0.2, 0) is 14.3 Å². The van der Waals surface area contributed by atoms with E-state index in [1.807, 2.05) is 6.92 Å². The molecule has 0 radical (unpaired) electrons. The normalized spacial score (nSPS) is 14.5. The molecule has 0 rings (SSSR count). The highest BCUT2D eigenvalue weighted by Gasteiger charge is 2.32. The van der Waals surface area contributed by atoms with E-state index in [4.69, 9.17) is 0 Å². The van der Waals surface area contributed by atoms with Crippen molar-refractivity contribution in [1.29, 1.82) is 0 Å². The summed E-state index contributed by atoms with van der Waals surface area (Å²) >= 11 is 0. The molecule has 1 N–H and O–H groups in total. The quantitative estimate of drug-likeness (QED) is 0.659. The Kier molecular flexibility index (Phi) is 4.45. The van der Waals surface area contributed by atoms with Gasteiger partial charge in [-0.05, 0) is 13.3 Å². The number of carbonyl (C=O) groups excluding carboxylic acids is 2. The van der Waals surface area contributed by atoms with Gasteiger partial charge in [0.25, 0.3) is 0 Å². The lowest BCUT2D eigenvalue weighted by molar-refractivity contribution is -0.151. The zero-order chi connectivity index (χ0) is 10.5. The molecule has 0 aliphatic heterocycles. The van der Waals surface area contributed by atoms with Crippen molar-refractivity contribution >= 4 is 11.9 Å². The molecule has 0 saturated carbocycles. The highest BCUT2D eigenvalue weighted by molar-refractivity contribution is 5.78. The summed E-state index contributed by atoms with van der Waals surface area (Å²) in [6, 6.07) is 0. The van der Waals surface area contributed by atoms with Crippen LogP contribution in [0.25, 0.3) is 0 Å². The van der Waals surface area contributed by atoms with Gasteiger partial charge >= 0.3 is 5.97 Å². The van der Waals surface area contributed by atoms with Crippen LogP contribution in [0, 0.1) is 5.41 Å². The van der Waals surface area contributed by atoms with E-state index in [9.17, 15) is 9.59 Å². The minimum Gasteiger partial charge on any atom is -0.469 e. The molecule has 1 amide bonds. The summed E-state index contributed by atoms with van der Waals surface area (Å²) in [6.07, 6.45) is 0.639. The number of methoxy groups -OCH3 is 1. The van der Waals surface area contributed by atoms with Gasteiger partial charge in [-0.3, -0.25) is 9.59 Å². The molecule has 0 heterocycles. The van der Waals surface area contributed by atoms with Crippen molar-refractivity contribution in [2.24, 2.45) is 5.41 Å². The van der Waals surface area contributed by atoms with E-state index in [1.54, 1.807) is 6.92 Å². The third-order valence-corrected chi connectivity index (χ3v) is 2.19. The molecule has 4 nitrogen and oxygen atoms in total. The lowest BCUT2D eigenvalue weighted by Crippen LogP contribution is -2.40. The van der Waals surface area contributed by atoms with Gasteiger partial charge in [-0.25, -0.2) is 0 Å². The van der Waals surface area contributed by atoms with Crippen LogP contribution >= 0.6 is 0 Å². The van der Waals surface area contributed by atoms with Gasteiger partial charge in [0.15, 0.2) is 0 Å². The summed E-state index contributed by atoms with van der Waals surface area (Å²) in [5.74, 6) is -0.424. The monoisotopic (exact) mass is 187 g/mol. The Morgan fingerprint density at radius 1 is 1.46 bits per heavy atom. The van der Waals surface area contributed by atoms with Crippen LogP contribution in [0.15, 0.2) is 0 Å². The van der Waals surface area contributed by atoms with Crippen LogP contribution in [0.1, 0.15) is 27.2 Å². The zero-order valence-electron chi connectivity index (χ0n) is 8.64. The maximum absolute atomic E-state index is 11.3. The molecule has 0 saturated heterocycles. The van der Waals surface area contributed by atoms with E-state index >= 15 is 0 Å². The van der Waals surface area contributed by atoms with Crippen molar-refractivity contribution in [1.82, 2.24) is 5.32 Å². The number of nitrogens with one attached hydrogen (secondary N) is 1. The van der Waals surface area contributed by atoms with Gasteiger partial charge in [-0.1, -0.05) is 6.92 Å². The topological polar surface area (TPSA) is 55.4 Å². The third-order valence-electron chi connectivity index (χ3n) is 2.19. The summed E-state index contributed by atoms with van der Waals surface area (Å²) in [5.41, 5.74) is -0.611. The highest BCUT2D eigenvalue weighted by Crippen LogP contribution is 2.21. The number of esters is 1. The van der Waals surface area contributed by atoms with E-state index in [0.717, 1.165) is 0 Å². The molecular weight excluding hydrogens is 170 g/mol. The Balaban J connectivity index is 4.27. The molecule has 0 aliphatic carbocycles. The number of carbonyl (C=O) groups is 2. The molecule has 0 bridgehead atoms. The number of amides is 1. The number of ether oxygens (including phenoxy) is 1. The van der Waals surface area contributed by atoms with Crippen LogP contribution in [0.2, 0.25) is 0 Å². The van der Waals surface area contributed by atoms with E-state index in [1.165, 1.54) is 14.0 Å². The van der Waals surface area contributed by atoms with Crippen LogP contribution in [-0.4, -0.2) is 25.5 Å². The van der Waals surface area contributed by atoms with Crippen molar-refractivity contribution in [3.05, 3.63) is 0 Å². The summed E-state index contributed by atoms with van der Waals surface area (Å²) in [6.45, 7) is 5.41. The number of hydrogen-bond donors (Lipinski definition) is 1. The Hall–Kier alpha value is -1.06. The standard InChI is InChI=1S/C9H17NO3/c1-5-9(3,8(12)13-4)6-10-7(2)11/h5-6H2,1-4H3,(H,10,11). The van der Waals surface area contributed by atoms with E-state index in [2.05, 4.69) is 10.1 Å². The first kappa shape index (κ1) is 11.9. The number of hydrogen-bond acceptors (Lipinski definition) is 3. The van der Waals surface area contributed by atoms with Crippen LogP contribution in [0.4, 0.5) is 0 Å². The van der Waals surface area contributed by atoms with Gasteiger partial charge in [-0.15, -0.1) is 0 Å². The Morgan fingerprint density at radius 3 is 2.31 bits per heavy atom. The highest BCUT2D eigenvalue weighted by atomic mass is 16.5. The second-order valence-corrected chi connectivity index (χ2v) is 3.32. The molecule has 1 unspecified atom stereocenters. The van der Waals surface area contributed by atoms with Crippen molar-refractivity contribution < 1.29 is 14.3 Å². The van der Waals surface area contributed by atoms with Gasteiger partial charge in [0.05, 0.1) is 12.5 Å². The average Bonchev–Trinajstić information content (AvgIpc) is 2.12. The van der Waals surface area contributed by atoms with Crippen LogP contribution < -0.4 is 5.32 Å². The largest absolute Gasteiger partial charge is 0.469 e. The lowest BCUT2D eigenvalue weighted by Gasteiger charge is -2.24. The molecular formula is C9H17NO3. The van der Waals surface area contributed by atoms with Gasteiger partial charge in [0.1, 0.15) is 0 Å². The number of rotatable bonds is 4. The van der Waals surface area contributed by atoms with Crippen molar-refractivity contribution in [2.45, 2.75) is 27.2 Å². The molecule has 0 aliphatic rings. The van der Waals surface area contributed by atoms with Crippen molar-refractivity contribution in [2.75, 3.05) is 13.7 Å². The first-order valence-electron chi connectivity index (χ1n) is 4.29. The molecule has 4 heteroatoms. The summed E-state index contributed by atoms with van der Waals surface area (Å²) in [5, 5.41) is 2.61. The van der Waals surface area contributed by atoms with E-state index in [0.29, 0.717) is 13.0 Å². The molecule has 76 valence electrons. The smallest absolute Gasteiger partial charge is 0.313 e. The first-order valence-corrected chi connectivity index (χ1v) is 4.29. The zero-order valence-corrected chi connectivity index (χ0v) is 8.64.